The topological polar surface area (TPSA) is 72.3 Å². The van der Waals surface area contributed by atoms with E-state index in [2.05, 4.69) is 5.10 Å². The molecule has 20 heavy (non-hydrogen) atoms. The third-order valence-corrected chi connectivity index (χ3v) is 5.24. The number of hydrogen-bond donors (Lipinski definition) is 0. The second-order valence-corrected chi connectivity index (χ2v) is 7.79. The van der Waals surface area contributed by atoms with Gasteiger partial charge >= 0.3 is 0 Å². The normalized spacial score (nSPS) is 19.9. The molecular weight excluding hydrogens is 278 g/mol. The molecular formula is C13H21N3O3S. The number of nitrogens with zero attached hydrogens (tertiary/aromatic N) is 3. The molecule has 0 aliphatic carbocycles. The van der Waals surface area contributed by atoms with Gasteiger partial charge in [-0.1, -0.05) is 6.92 Å². The molecule has 1 aromatic heterocycles. The molecule has 0 saturated carbocycles. The Morgan fingerprint density at radius 3 is 2.45 bits per heavy atom. The van der Waals surface area contributed by atoms with Crippen molar-refractivity contribution in [3.05, 3.63) is 17.5 Å². The van der Waals surface area contributed by atoms with Crippen molar-refractivity contribution < 1.29 is 13.2 Å². The summed E-state index contributed by atoms with van der Waals surface area (Å²) in [5, 5.41) is 4.35. The van der Waals surface area contributed by atoms with E-state index in [1.165, 1.54) is 0 Å². The van der Waals surface area contributed by atoms with Crippen LogP contribution in [0.2, 0.25) is 0 Å². The summed E-state index contributed by atoms with van der Waals surface area (Å²) in [6.07, 6.45) is 0. The summed E-state index contributed by atoms with van der Waals surface area (Å²) in [5.74, 6) is -0.0437. The first kappa shape index (κ1) is 15.0. The van der Waals surface area contributed by atoms with Gasteiger partial charge in [0.2, 0.25) is 5.91 Å². The van der Waals surface area contributed by atoms with Gasteiger partial charge in [-0.05, 0) is 19.9 Å². The summed E-state index contributed by atoms with van der Waals surface area (Å²) in [5.41, 5.74) is 1.97. The maximum absolute atomic E-state index is 12.3. The van der Waals surface area contributed by atoms with Crippen molar-refractivity contribution in [2.45, 2.75) is 27.3 Å². The predicted octanol–water partition coefficient (Wildman–Crippen LogP) is 0.393. The van der Waals surface area contributed by atoms with Gasteiger partial charge in [0.25, 0.3) is 0 Å². The predicted molar refractivity (Wildman–Crippen MR) is 76.1 cm³/mol. The van der Waals surface area contributed by atoms with Gasteiger partial charge in [0.1, 0.15) is 0 Å². The van der Waals surface area contributed by atoms with Crippen molar-refractivity contribution in [3.8, 4) is 0 Å². The fourth-order valence-corrected chi connectivity index (χ4v) is 3.64. The van der Waals surface area contributed by atoms with Crippen molar-refractivity contribution in [2.24, 2.45) is 5.92 Å². The van der Waals surface area contributed by atoms with E-state index in [1.807, 2.05) is 31.5 Å². The van der Waals surface area contributed by atoms with E-state index in [9.17, 15) is 13.2 Å². The molecule has 1 fully saturated rings. The van der Waals surface area contributed by atoms with Crippen LogP contribution in [0, 0.1) is 19.8 Å². The van der Waals surface area contributed by atoms with Gasteiger partial charge < -0.3 is 4.90 Å². The third-order valence-electron chi connectivity index (χ3n) is 3.63. The van der Waals surface area contributed by atoms with Crippen LogP contribution in [0.15, 0.2) is 6.07 Å². The number of carbonyl (C=O) groups is 1. The first-order valence-electron chi connectivity index (χ1n) is 6.79. The zero-order valence-corrected chi connectivity index (χ0v) is 13.0. The van der Waals surface area contributed by atoms with Crippen molar-refractivity contribution in [1.82, 2.24) is 14.7 Å². The van der Waals surface area contributed by atoms with Gasteiger partial charge in [-0.25, -0.2) is 8.42 Å². The zero-order chi connectivity index (χ0) is 14.9. The molecule has 0 spiro atoms. The van der Waals surface area contributed by atoms with E-state index in [4.69, 9.17) is 0 Å². The number of amides is 1. The van der Waals surface area contributed by atoms with Gasteiger partial charge in [-0.2, -0.15) is 5.10 Å². The van der Waals surface area contributed by atoms with E-state index < -0.39 is 9.84 Å². The average molecular weight is 299 g/mol. The lowest BCUT2D eigenvalue weighted by atomic mass is 10.1. The lowest BCUT2D eigenvalue weighted by molar-refractivity contribution is -0.135. The van der Waals surface area contributed by atoms with Gasteiger partial charge in [0.15, 0.2) is 9.84 Å². The number of hydrogen-bond acceptors (Lipinski definition) is 4. The Kier molecular flexibility index (Phi) is 4.17. The molecule has 1 aliphatic heterocycles. The molecule has 0 N–H and O–H groups in total. The highest BCUT2D eigenvalue weighted by molar-refractivity contribution is 7.91. The molecule has 1 unspecified atom stereocenters. The molecule has 1 aliphatic rings. The lowest BCUT2D eigenvalue weighted by Gasteiger charge is -2.29. The van der Waals surface area contributed by atoms with E-state index in [-0.39, 0.29) is 23.3 Å². The summed E-state index contributed by atoms with van der Waals surface area (Å²) >= 11 is 0. The molecule has 1 atom stereocenters. The van der Waals surface area contributed by atoms with E-state index >= 15 is 0 Å². The Morgan fingerprint density at radius 1 is 1.35 bits per heavy atom. The standard InChI is InChI=1S/C13H21N3O3S/c1-10(9-16-12(3)8-11(2)14-16)13(17)15-4-6-20(18,19)7-5-15/h8,10H,4-7,9H2,1-3H3. The van der Waals surface area contributed by atoms with Gasteiger partial charge in [0, 0.05) is 18.8 Å². The molecule has 1 amide bonds. The molecule has 1 saturated heterocycles. The minimum atomic E-state index is -2.95. The number of carbonyl (C=O) groups excluding carboxylic acids is 1. The number of aryl methyl sites for hydroxylation is 2. The molecule has 1 aromatic rings. The van der Waals surface area contributed by atoms with Crippen molar-refractivity contribution in [1.29, 1.82) is 0 Å². The van der Waals surface area contributed by atoms with E-state index in [1.54, 1.807) is 4.90 Å². The number of rotatable bonds is 3. The minimum absolute atomic E-state index is 0.00690. The third kappa shape index (κ3) is 3.39. The van der Waals surface area contributed by atoms with Crippen LogP contribution in [0.1, 0.15) is 18.3 Å². The first-order chi connectivity index (χ1) is 9.28. The molecule has 0 bridgehead atoms. The molecule has 2 rings (SSSR count). The van der Waals surface area contributed by atoms with Crippen LogP contribution in [0.4, 0.5) is 0 Å². The second-order valence-electron chi connectivity index (χ2n) is 5.49. The van der Waals surface area contributed by atoms with Crippen LogP contribution in [-0.2, 0) is 21.2 Å². The summed E-state index contributed by atoms with van der Waals surface area (Å²) < 4.78 is 24.6. The highest BCUT2D eigenvalue weighted by Crippen LogP contribution is 2.12. The Bertz CT molecular complexity index is 592. The van der Waals surface area contributed by atoms with Crippen LogP contribution in [0.3, 0.4) is 0 Å². The second kappa shape index (κ2) is 5.55. The highest BCUT2D eigenvalue weighted by Gasteiger charge is 2.28. The van der Waals surface area contributed by atoms with Crippen LogP contribution in [0.5, 0.6) is 0 Å². The average Bonchev–Trinajstić information content (AvgIpc) is 2.67. The quantitative estimate of drug-likeness (QED) is 0.809. The number of sulfone groups is 1. The van der Waals surface area contributed by atoms with Gasteiger partial charge in [0.05, 0.1) is 29.7 Å². The first-order valence-corrected chi connectivity index (χ1v) is 8.61. The number of aromatic nitrogens is 2. The van der Waals surface area contributed by atoms with Crippen molar-refractivity contribution in [3.63, 3.8) is 0 Å². The molecule has 7 heteroatoms. The summed E-state index contributed by atoms with van der Waals surface area (Å²) in [4.78, 5) is 14.0. The molecule has 2 heterocycles. The monoisotopic (exact) mass is 299 g/mol. The van der Waals surface area contributed by atoms with Crippen molar-refractivity contribution in [2.75, 3.05) is 24.6 Å². The maximum atomic E-state index is 12.3. The van der Waals surface area contributed by atoms with Crippen LogP contribution in [-0.4, -0.2) is 53.6 Å². The fourth-order valence-electron chi connectivity index (χ4n) is 2.44. The molecule has 112 valence electrons. The highest BCUT2D eigenvalue weighted by atomic mass is 32.2. The maximum Gasteiger partial charge on any atom is 0.227 e. The van der Waals surface area contributed by atoms with E-state index in [0.29, 0.717) is 19.6 Å². The Morgan fingerprint density at radius 2 is 1.95 bits per heavy atom. The zero-order valence-electron chi connectivity index (χ0n) is 12.2. The summed E-state index contributed by atoms with van der Waals surface area (Å²) in [6.45, 7) is 6.89. The van der Waals surface area contributed by atoms with Crippen molar-refractivity contribution >= 4 is 15.7 Å². The van der Waals surface area contributed by atoms with Crippen LogP contribution in [0.25, 0.3) is 0 Å². The van der Waals surface area contributed by atoms with Gasteiger partial charge in [-0.3, -0.25) is 9.48 Å². The molecule has 6 nitrogen and oxygen atoms in total. The van der Waals surface area contributed by atoms with Crippen LogP contribution < -0.4 is 0 Å². The SMILES string of the molecule is Cc1cc(C)n(CC(C)C(=O)N2CCS(=O)(=O)CC2)n1. The summed E-state index contributed by atoms with van der Waals surface area (Å²) in [6, 6.07) is 1.98. The lowest BCUT2D eigenvalue weighted by Crippen LogP contribution is -2.46. The minimum Gasteiger partial charge on any atom is -0.340 e. The van der Waals surface area contributed by atoms with Gasteiger partial charge in [-0.15, -0.1) is 0 Å². The van der Waals surface area contributed by atoms with E-state index in [0.717, 1.165) is 11.4 Å². The Hall–Kier alpha value is -1.37. The fraction of sp³-hybridized carbons (Fsp3) is 0.692. The molecule has 0 radical (unpaired) electrons. The largest absolute Gasteiger partial charge is 0.340 e. The summed E-state index contributed by atoms with van der Waals surface area (Å²) in [7, 11) is -2.95. The Labute approximate surface area is 119 Å². The Balaban J connectivity index is 1.97. The van der Waals surface area contributed by atoms with Crippen LogP contribution >= 0.6 is 0 Å². The molecule has 0 aromatic carbocycles. The smallest absolute Gasteiger partial charge is 0.227 e.